The largest absolute Gasteiger partial charge is 0.410 e. The van der Waals surface area contributed by atoms with Crippen LogP contribution in [0.1, 0.15) is 79.9 Å². The van der Waals surface area contributed by atoms with Crippen molar-refractivity contribution < 1.29 is 18.0 Å². The van der Waals surface area contributed by atoms with E-state index in [-0.39, 0.29) is 29.8 Å². The summed E-state index contributed by atoms with van der Waals surface area (Å²) in [7, 11) is 0. The highest BCUT2D eigenvalue weighted by atomic mass is 19.4. The molecular weight excluding hydrogens is 501 g/mol. The highest BCUT2D eigenvalue weighted by Gasteiger charge is 2.50. The van der Waals surface area contributed by atoms with Crippen molar-refractivity contribution in [3.8, 4) is 0 Å². The normalized spacial score (nSPS) is 32.4. The minimum Gasteiger partial charge on any atom is -0.363 e. The van der Waals surface area contributed by atoms with Crippen LogP contribution in [0.2, 0.25) is 0 Å². The summed E-state index contributed by atoms with van der Waals surface area (Å²) in [6.07, 6.45) is 4.24. The Kier molecular flexibility index (Phi) is 5.94. The first-order chi connectivity index (χ1) is 18.8. The molecule has 2 heterocycles. The molecule has 2 aromatic carbocycles. The number of amides is 1. The van der Waals surface area contributed by atoms with Gasteiger partial charge in [-0.2, -0.15) is 18.3 Å². The molecule has 3 bridgehead atoms. The fourth-order valence-corrected chi connectivity index (χ4v) is 8.67. The van der Waals surface area contributed by atoms with Crippen molar-refractivity contribution in [3.05, 3.63) is 59.8 Å². The molecule has 0 spiro atoms. The van der Waals surface area contributed by atoms with E-state index in [0.29, 0.717) is 17.8 Å². The number of benzene rings is 2. The van der Waals surface area contributed by atoms with E-state index < -0.39 is 18.3 Å². The van der Waals surface area contributed by atoms with Crippen molar-refractivity contribution in [1.82, 2.24) is 15.1 Å². The molecule has 1 amide bonds. The Bertz CT molecular complexity index is 1400. The lowest BCUT2D eigenvalue weighted by molar-refractivity contribution is -0.173. The van der Waals surface area contributed by atoms with Crippen molar-refractivity contribution in [2.75, 3.05) is 5.32 Å². The minimum atomic E-state index is -4.49. The lowest BCUT2D eigenvalue weighted by Gasteiger charge is -2.40. The molecule has 7 rings (SSSR count). The number of anilines is 1. The van der Waals surface area contributed by atoms with Crippen molar-refractivity contribution in [2.24, 2.45) is 29.6 Å². The summed E-state index contributed by atoms with van der Waals surface area (Å²) in [5.74, 6) is 3.19. The number of carbonyl (C=O) groups is 1. The van der Waals surface area contributed by atoms with Crippen LogP contribution < -0.4 is 10.6 Å². The van der Waals surface area contributed by atoms with Gasteiger partial charge in [0.2, 0.25) is 0 Å². The number of alkyl halides is 3. The van der Waals surface area contributed by atoms with E-state index in [9.17, 15) is 18.0 Å². The van der Waals surface area contributed by atoms with Gasteiger partial charge in [0, 0.05) is 12.5 Å². The molecule has 39 heavy (non-hydrogen) atoms. The highest BCUT2D eigenvalue weighted by Crippen LogP contribution is 2.57. The molecule has 8 atom stereocenters. The van der Waals surface area contributed by atoms with Gasteiger partial charge in [0.25, 0.3) is 5.91 Å². The summed E-state index contributed by atoms with van der Waals surface area (Å²) < 4.78 is 43.7. The Balaban J connectivity index is 1.16. The molecule has 0 saturated heterocycles. The summed E-state index contributed by atoms with van der Waals surface area (Å²) >= 11 is 0. The zero-order chi connectivity index (χ0) is 26.9. The lowest BCUT2D eigenvalue weighted by atomic mass is 9.68. The SMILES string of the molecule is CC(NC(=O)c1cnn2c1NC(c1ccc3ccccc3c1)CC2C(F)(F)F)C1C2CCCC3CC1CC3C2. The van der Waals surface area contributed by atoms with Crippen LogP contribution in [0, 0.1) is 29.6 Å². The van der Waals surface area contributed by atoms with E-state index in [0.717, 1.165) is 32.9 Å². The number of hydrogen-bond acceptors (Lipinski definition) is 3. The monoisotopic (exact) mass is 536 g/mol. The summed E-state index contributed by atoms with van der Waals surface area (Å²) in [4.78, 5) is 13.6. The fourth-order valence-electron chi connectivity index (χ4n) is 8.67. The van der Waals surface area contributed by atoms with Crippen LogP contribution in [-0.2, 0) is 0 Å². The molecule has 4 aliphatic rings. The topological polar surface area (TPSA) is 59.0 Å². The molecular formula is C31H35F3N4O. The predicted molar refractivity (Wildman–Crippen MR) is 144 cm³/mol. The van der Waals surface area contributed by atoms with Crippen molar-refractivity contribution in [1.29, 1.82) is 0 Å². The smallest absolute Gasteiger partial charge is 0.363 e. The molecule has 8 unspecified atom stereocenters. The van der Waals surface area contributed by atoms with Gasteiger partial charge >= 0.3 is 6.18 Å². The Morgan fingerprint density at radius 3 is 2.56 bits per heavy atom. The molecule has 8 heteroatoms. The molecule has 1 aromatic heterocycles. The van der Waals surface area contributed by atoms with E-state index in [1.807, 2.05) is 42.5 Å². The maximum Gasteiger partial charge on any atom is 0.410 e. The van der Waals surface area contributed by atoms with Crippen LogP contribution in [0.15, 0.2) is 48.7 Å². The number of carbonyl (C=O) groups excluding carboxylic acids is 1. The summed E-state index contributed by atoms with van der Waals surface area (Å²) in [5.41, 5.74) is 0.947. The lowest BCUT2D eigenvalue weighted by Crippen LogP contribution is -2.45. The van der Waals surface area contributed by atoms with Crippen LogP contribution in [0.25, 0.3) is 10.8 Å². The summed E-state index contributed by atoms with van der Waals surface area (Å²) in [5, 5.41) is 12.6. The molecule has 3 saturated carbocycles. The van der Waals surface area contributed by atoms with E-state index in [4.69, 9.17) is 0 Å². The maximum absolute atomic E-state index is 14.2. The van der Waals surface area contributed by atoms with Crippen molar-refractivity contribution in [2.45, 2.75) is 76.2 Å². The summed E-state index contributed by atoms with van der Waals surface area (Å²) in [6.45, 7) is 2.09. The van der Waals surface area contributed by atoms with Gasteiger partial charge < -0.3 is 10.6 Å². The standard InChI is InChI=1S/C31H35F3N4O/c1-17(28-22-8-4-7-20-12-24(28)14-23(20)13-22)36-30(39)25-16-35-38-27(31(32,33)34)15-26(37-29(25)38)21-10-9-18-5-2-3-6-19(18)11-21/h2-3,5-6,9-11,16-17,20,22-24,26-28,37H,4,7-8,12-15H2,1H3,(H,36,39). The van der Waals surface area contributed by atoms with Crippen LogP contribution in [0.4, 0.5) is 19.0 Å². The Hall–Kier alpha value is -3.03. The first-order valence-electron chi connectivity index (χ1n) is 14.5. The fraction of sp³-hybridized carbons (Fsp3) is 0.548. The van der Waals surface area contributed by atoms with Gasteiger partial charge in [0.1, 0.15) is 11.4 Å². The number of nitrogens with zero attached hydrogens (tertiary/aromatic N) is 2. The Labute approximate surface area is 226 Å². The third-order valence-corrected chi connectivity index (χ3v) is 10.3. The van der Waals surface area contributed by atoms with Gasteiger partial charge in [-0.1, -0.05) is 55.7 Å². The third kappa shape index (κ3) is 4.30. The average Bonchev–Trinajstić information content (AvgIpc) is 3.43. The zero-order valence-corrected chi connectivity index (χ0v) is 22.1. The van der Waals surface area contributed by atoms with E-state index in [1.54, 1.807) is 0 Å². The van der Waals surface area contributed by atoms with Gasteiger partial charge in [-0.25, -0.2) is 4.68 Å². The quantitative estimate of drug-likeness (QED) is 0.369. The van der Waals surface area contributed by atoms with Gasteiger partial charge in [-0.3, -0.25) is 4.79 Å². The molecule has 3 aliphatic carbocycles. The van der Waals surface area contributed by atoms with E-state index >= 15 is 0 Å². The number of nitrogens with one attached hydrogen (secondary N) is 2. The second kappa shape index (κ2) is 9.27. The van der Waals surface area contributed by atoms with Crippen molar-refractivity contribution >= 4 is 22.5 Å². The highest BCUT2D eigenvalue weighted by molar-refractivity contribution is 5.99. The van der Waals surface area contributed by atoms with Crippen LogP contribution in [0.3, 0.4) is 0 Å². The number of fused-ring (bicyclic) bond motifs is 4. The molecule has 3 fully saturated rings. The molecule has 1 aliphatic heterocycles. The number of rotatable bonds is 4. The number of hydrogen-bond donors (Lipinski definition) is 2. The summed E-state index contributed by atoms with van der Waals surface area (Å²) in [6, 6.07) is 11.1. The van der Waals surface area contributed by atoms with Crippen molar-refractivity contribution in [3.63, 3.8) is 0 Å². The van der Waals surface area contributed by atoms with Crippen LogP contribution in [-0.4, -0.2) is 27.9 Å². The second-order valence-corrected chi connectivity index (χ2v) is 12.5. The van der Waals surface area contributed by atoms with Gasteiger partial charge in [0.15, 0.2) is 6.04 Å². The molecule has 3 aromatic rings. The average molecular weight is 537 g/mol. The molecule has 206 valence electrons. The van der Waals surface area contributed by atoms with Gasteiger partial charge in [0.05, 0.1) is 12.2 Å². The predicted octanol–water partition coefficient (Wildman–Crippen LogP) is 7.28. The van der Waals surface area contributed by atoms with Gasteiger partial charge in [-0.15, -0.1) is 0 Å². The first kappa shape index (κ1) is 25.0. The van der Waals surface area contributed by atoms with E-state index in [1.165, 1.54) is 44.7 Å². The Morgan fingerprint density at radius 1 is 1.00 bits per heavy atom. The first-order valence-corrected chi connectivity index (χ1v) is 14.5. The number of aromatic nitrogens is 2. The maximum atomic E-state index is 14.2. The second-order valence-electron chi connectivity index (χ2n) is 12.5. The van der Waals surface area contributed by atoms with E-state index in [2.05, 4.69) is 22.7 Å². The third-order valence-electron chi connectivity index (χ3n) is 10.3. The zero-order valence-electron chi connectivity index (χ0n) is 22.1. The molecule has 5 nitrogen and oxygen atoms in total. The minimum absolute atomic E-state index is 0.0286. The number of halogens is 3. The van der Waals surface area contributed by atoms with Crippen LogP contribution in [0.5, 0.6) is 0 Å². The Morgan fingerprint density at radius 2 is 1.74 bits per heavy atom. The molecule has 0 radical (unpaired) electrons. The van der Waals surface area contributed by atoms with Gasteiger partial charge in [-0.05, 0) is 78.2 Å². The molecule has 2 N–H and O–H groups in total. The van der Waals surface area contributed by atoms with Crippen LogP contribution >= 0.6 is 0 Å².